The molecule has 0 amide bonds. The van der Waals surface area contributed by atoms with Gasteiger partial charge < -0.3 is 5.32 Å². The summed E-state index contributed by atoms with van der Waals surface area (Å²) in [6, 6.07) is 8.29. The van der Waals surface area contributed by atoms with Gasteiger partial charge >= 0.3 is 0 Å². The van der Waals surface area contributed by atoms with Gasteiger partial charge in [-0.15, -0.1) is 0 Å². The third kappa shape index (κ3) is 5.54. The molecule has 1 aromatic rings. The van der Waals surface area contributed by atoms with Crippen molar-refractivity contribution in [1.29, 1.82) is 0 Å². The van der Waals surface area contributed by atoms with Gasteiger partial charge in [-0.25, -0.2) is 0 Å². The van der Waals surface area contributed by atoms with Crippen molar-refractivity contribution in [2.75, 3.05) is 6.54 Å². The molecule has 1 N–H and O–H groups in total. The Morgan fingerprint density at radius 3 is 1.95 bits per heavy atom. The Labute approximate surface area is 123 Å². The van der Waals surface area contributed by atoms with E-state index in [2.05, 4.69) is 52.1 Å². The molecule has 0 saturated heterocycles. The van der Waals surface area contributed by atoms with E-state index >= 15 is 0 Å². The van der Waals surface area contributed by atoms with Crippen LogP contribution in [0.3, 0.4) is 0 Å². The molecule has 1 nitrogen and oxygen atoms in total. The average molecular weight is 282 g/mol. The predicted octanol–water partition coefficient (Wildman–Crippen LogP) is 5.08. The van der Waals surface area contributed by atoms with Crippen LogP contribution >= 0.6 is 11.6 Å². The minimum atomic E-state index is 0.176. The maximum absolute atomic E-state index is 5.96. The van der Waals surface area contributed by atoms with Crippen LogP contribution < -0.4 is 5.32 Å². The highest BCUT2D eigenvalue weighted by molar-refractivity contribution is 6.30. The van der Waals surface area contributed by atoms with Crippen LogP contribution in [0.5, 0.6) is 0 Å². The Morgan fingerprint density at radius 1 is 1.00 bits per heavy atom. The Morgan fingerprint density at radius 2 is 1.53 bits per heavy atom. The molecular formula is C17H28ClN. The number of benzene rings is 1. The summed E-state index contributed by atoms with van der Waals surface area (Å²) in [6.07, 6.45) is 3.49. The molecule has 1 rings (SSSR count). The molecule has 0 radical (unpaired) electrons. The zero-order valence-electron chi connectivity index (χ0n) is 13.0. The molecule has 0 unspecified atom stereocenters. The lowest BCUT2D eigenvalue weighted by Crippen LogP contribution is -2.44. The lowest BCUT2D eigenvalue weighted by atomic mass is 9.76. The van der Waals surface area contributed by atoms with Crippen molar-refractivity contribution in [2.45, 2.75) is 59.4 Å². The average Bonchev–Trinajstić information content (AvgIpc) is 2.36. The normalized spacial score (nSPS) is 12.7. The zero-order chi connectivity index (χ0) is 14.5. The molecule has 0 spiro atoms. The minimum absolute atomic E-state index is 0.176. The van der Waals surface area contributed by atoms with Crippen molar-refractivity contribution < 1.29 is 0 Å². The lowest BCUT2D eigenvalue weighted by Gasteiger charge is -2.35. The molecule has 19 heavy (non-hydrogen) atoms. The van der Waals surface area contributed by atoms with Crippen molar-refractivity contribution in [3.63, 3.8) is 0 Å². The minimum Gasteiger partial charge on any atom is -0.312 e. The van der Waals surface area contributed by atoms with Gasteiger partial charge in [-0.3, -0.25) is 0 Å². The first kappa shape index (κ1) is 16.5. The van der Waals surface area contributed by atoms with Crippen molar-refractivity contribution in [1.82, 2.24) is 5.32 Å². The van der Waals surface area contributed by atoms with Crippen LogP contribution in [0.4, 0.5) is 0 Å². The fourth-order valence-electron chi connectivity index (χ4n) is 2.30. The fraction of sp³-hybridized carbons (Fsp3) is 0.647. The highest BCUT2D eigenvalue weighted by Gasteiger charge is 2.28. The number of rotatable bonds is 6. The summed E-state index contributed by atoms with van der Waals surface area (Å²) < 4.78 is 0. The van der Waals surface area contributed by atoms with Crippen molar-refractivity contribution in [3.05, 3.63) is 34.9 Å². The molecule has 0 aliphatic heterocycles. The van der Waals surface area contributed by atoms with Crippen LogP contribution in [0.15, 0.2) is 24.3 Å². The van der Waals surface area contributed by atoms with Crippen LogP contribution in [-0.2, 0) is 6.42 Å². The maximum atomic E-state index is 5.96. The number of hydrogen-bond acceptors (Lipinski definition) is 1. The van der Waals surface area contributed by atoms with Gasteiger partial charge in [0.2, 0.25) is 0 Å². The SMILES string of the molecule is CCC(CC)(CNC(C)(C)C)Cc1ccc(Cl)cc1. The monoisotopic (exact) mass is 281 g/mol. The Balaban J connectivity index is 2.78. The van der Waals surface area contributed by atoms with E-state index in [4.69, 9.17) is 11.6 Å². The molecule has 0 aliphatic carbocycles. The maximum Gasteiger partial charge on any atom is 0.0406 e. The van der Waals surface area contributed by atoms with E-state index in [1.54, 1.807) is 0 Å². The van der Waals surface area contributed by atoms with Crippen LogP contribution in [0, 0.1) is 5.41 Å². The van der Waals surface area contributed by atoms with Crippen LogP contribution in [0.1, 0.15) is 53.0 Å². The standard InChI is InChI=1S/C17H28ClN/c1-6-17(7-2,13-19-16(3,4)5)12-14-8-10-15(18)11-9-14/h8-11,19H,6-7,12-13H2,1-5H3. The van der Waals surface area contributed by atoms with Crippen LogP contribution in [0.2, 0.25) is 5.02 Å². The summed E-state index contributed by atoms with van der Waals surface area (Å²) in [5.74, 6) is 0. The zero-order valence-corrected chi connectivity index (χ0v) is 13.8. The number of halogens is 1. The third-order valence-electron chi connectivity index (χ3n) is 3.99. The molecule has 0 bridgehead atoms. The van der Waals surface area contributed by atoms with Gasteiger partial charge in [-0.1, -0.05) is 37.6 Å². The van der Waals surface area contributed by atoms with Gasteiger partial charge in [0, 0.05) is 17.1 Å². The Kier molecular flexibility index (Phi) is 5.88. The van der Waals surface area contributed by atoms with E-state index in [1.165, 1.54) is 18.4 Å². The molecule has 108 valence electrons. The molecule has 0 heterocycles. The molecular weight excluding hydrogens is 254 g/mol. The van der Waals surface area contributed by atoms with Crippen molar-refractivity contribution >= 4 is 11.6 Å². The van der Waals surface area contributed by atoms with Crippen molar-refractivity contribution in [3.8, 4) is 0 Å². The first-order valence-electron chi connectivity index (χ1n) is 7.30. The molecule has 1 aromatic carbocycles. The third-order valence-corrected chi connectivity index (χ3v) is 4.24. The summed E-state index contributed by atoms with van der Waals surface area (Å²) >= 11 is 5.96. The smallest absolute Gasteiger partial charge is 0.0406 e. The van der Waals surface area contributed by atoms with Gasteiger partial charge in [0.05, 0.1) is 0 Å². The summed E-state index contributed by atoms with van der Waals surface area (Å²) in [4.78, 5) is 0. The lowest BCUT2D eigenvalue weighted by molar-refractivity contribution is 0.220. The van der Waals surface area contributed by atoms with E-state index in [0.717, 1.165) is 18.0 Å². The second kappa shape index (κ2) is 6.76. The summed E-state index contributed by atoms with van der Waals surface area (Å²) in [7, 11) is 0. The van der Waals surface area contributed by atoms with Crippen LogP contribution in [-0.4, -0.2) is 12.1 Å². The molecule has 0 aliphatic rings. The number of nitrogens with one attached hydrogen (secondary N) is 1. The Hall–Kier alpha value is -0.530. The summed E-state index contributed by atoms with van der Waals surface area (Å²) in [6.45, 7) is 12.3. The van der Waals surface area contributed by atoms with E-state index in [-0.39, 0.29) is 5.54 Å². The van der Waals surface area contributed by atoms with Gasteiger partial charge in [-0.05, 0) is 63.1 Å². The second-order valence-corrected chi connectivity index (χ2v) is 7.05. The topological polar surface area (TPSA) is 12.0 Å². The first-order valence-corrected chi connectivity index (χ1v) is 7.67. The molecule has 0 aromatic heterocycles. The van der Waals surface area contributed by atoms with E-state index < -0.39 is 0 Å². The highest BCUT2D eigenvalue weighted by atomic mass is 35.5. The van der Waals surface area contributed by atoms with Gasteiger partial charge in [0.25, 0.3) is 0 Å². The predicted molar refractivity (Wildman–Crippen MR) is 85.9 cm³/mol. The molecule has 2 heteroatoms. The second-order valence-electron chi connectivity index (χ2n) is 6.61. The van der Waals surface area contributed by atoms with E-state index in [9.17, 15) is 0 Å². The van der Waals surface area contributed by atoms with Gasteiger partial charge in [-0.2, -0.15) is 0 Å². The Bertz CT molecular complexity index is 371. The number of hydrogen-bond donors (Lipinski definition) is 1. The first-order chi connectivity index (χ1) is 8.80. The van der Waals surface area contributed by atoms with E-state index in [0.29, 0.717) is 5.41 Å². The van der Waals surface area contributed by atoms with Crippen molar-refractivity contribution in [2.24, 2.45) is 5.41 Å². The van der Waals surface area contributed by atoms with Gasteiger partial charge in [0.15, 0.2) is 0 Å². The van der Waals surface area contributed by atoms with Gasteiger partial charge in [0.1, 0.15) is 0 Å². The largest absolute Gasteiger partial charge is 0.312 e. The summed E-state index contributed by atoms with van der Waals surface area (Å²) in [5.41, 5.74) is 1.89. The molecule has 0 atom stereocenters. The quantitative estimate of drug-likeness (QED) is 0.767. The van der Waals surface area contributed by atoms with Crippen LogP contribution in [0.25, 0.3) is 0 Å². The fourth-order valence-corrected chi connectivity index (χ4v) is 2.43. The molecule has 0 saturated carbocycles. The highest BCUT2D eigenvalue weighted by Crippen LogP contribution is 2.31. The summed E-state index contributed by atoms with van der Waals surface area (Å²) in [5, 5.41) is 4.49. The van der Waals surface area contributed by atoms with E-state index in [1.807, 2.05) is 12.1 Å². The molecule has 0 fully saturated rings.